The van der Waals surface area contributed by atoms with E-state index in [9.17, 15) is 9.59 Å². The van der Waals surface area contributed by atoms with Crippen molar-refractivity contribution in [3.8, 4) is 17.3 Å². The van der Waals surface area contributed by atoms with E-state index >= 15 is 0 Å². The van der Waals surface area contributed by atoms with Gasteiger partial charge in [-0.05, 0) is 71.4 Å². The first-order valence-corrected chi connectivity index (χ1v) is 13.2. The number of esters is 1. The number of carbonyl (C=O) groups is 1. The number of ether oxygens (including phenoxy) is 2. The summed E-state index contributed by atoms with van der Waals surface area (Å²) in [6.45, 7) is 1.56. The molecule has 5 rings (SSSR count). The van der Waals surface area contributed by atoms with Crippen molar-refractivity contribution in [2.45, 2.75) is 13.0 Å². The summed E-state index contributed by atoms with van der Waals surface area (Å²) in [5, 5.41) is 6.09. The summed E-state index contributed by atoms with van der Waals surface area (Å²) in [4.78, 5) is 30.2. The number of halogens is 3. The molecule has 0 saturated heterocycles. The van der Waals surface area contributed by atoms with E-state index in [1.807, 2.05) is 18.2 Å². The smallest absolute Gasteiger partial charge is 0.346 e. The third-order valence-corrected chi connectivity index (χ3v) is 6.93. The molecule has 2 aromatic heterocycles. The van der Waals surface area contributed by atoms with Crippen LogP contribution in [0.3, 0.4) is 0 Å². The van der Waals surface area contributed by atoms with Gasteiger partial charge < -0.3 is 13.9 Å². The number of aromatic nitrogens is 2. The van der Waals surface area contributed by atoms with Crippen LogP contribution in [0.15, 0.2) is 83.9 Å². The number of hydrogen-bond acceptors (Lipinski definition) is 7. The van der Waals surface area contributed by atoms with E-state index in [-0.39, 0.29) is 5.82 Å². The number of furan rings is 1. The lowest BCUT2D eigenvalue weighted by atomic mass is 10.2. The number of nitrogens with zero attached hydrogens (tertiary/aromatic N) is 3. The van der Waals surface area contributed by atoms with Gasteiger partial charge in [0.25, 0.3) is 5.56 Å². The standard InChI is InChI=1S/C27H18Br2ClN3O5/c1-14(27(35)36-2)37-24-16(10-18(30)12-20(24)29)13-31-33-25(32-21-6-4-3-5-19(21)26(33)34)23-11-15-9-17(28)7-8-22(15)38-23/h3-14H,1-2H3/t14-/m1/s1. The highest BCUT2D eigenvalue weighted by Gasteiger charge is 2.20. The Morgan fingerprint density at radius 2 is 1.95 bits per heavy atom. The Hall–Kier alpha value is -3.47. The van der Waals surface area contributed by atoms with Gasteiger partial charge in [0.05, 0.1) is 28.7 Å². The SMILES string of the molecule is COC(=O)[C@@H](C)Oc1c(Br)cc(Cl)cc1C=Nn1c(-c2cc3cc(Br)ccc3o2)nc2ccccc2c1=O. The maximum absolute atomic E-state index is 13.6. The minimum atomic E-state index is -0.903. The Morgan fingerprint density at radius 1 is 1.16 bits per heavy atom. The molecule has 38 heavy (non-hydrogen) atoms. The highest BCUT2D eigenvalue weighted by atomic mass is 79.9. The van der Waals surface area contributed by atoms with Crippen molar-refractivity contribution in [2.75, 3.05) is 7.11 Å². The Balaban J connectivity index is 1.68. The second kappa shape index (κ2) is 10.7. The molecule has 0 bridgehead atoms. The first-order valence-electron chi connectivity index (χ1n) is 11.2. The molecule has 1 atom stereocenters. The molecule has 0 spiro atoms. The summed E-state index contributed by atoms with van der Waals surface area (Å²) in [5.74, 6) is 0.321. The van der Waals surface area contributed by atoms with Crippen molar-refractivity contribution in [1.82, 2.24) is 9.66 Å². The Bertz CT molecular complexity index is 1800. The predicted octanol–water partition coefficient (Wildman–Crippen LogP) is 6.81. The van der Waals surface area contributed by atoms with Crippen LogP contribution < -0.4 is 10.3 Å². The summed E-state index contributed by atoms with van der Waals surface area (Å²) in [6.07, 6.45) is 0.511. The zero-order valence-electron chi connectivity index (χ0n) is 19.9. The largest absolute Gasteiger partial charge is 0.477 e. The number of methoxy groups -OCH3 is 1. The molecule has 0 aliphatic rings. The maximum atomic E-state index is 13.6. The number of carbonyl (C=O) groups excluding carboxylic acids is 1. The molecule has 0 amide bonds. The lowest BCUT2D eigenvalue weighted by Gasteiger charge is -2.16. The second-order valence-corrected chi connectivity index (χ2v) is 10.4. The fourth-order valence-corrected chi connectivity index (χ4v) is 5.13. The van der Waals surface area contributed by atoms with Gasteiger partial charge in [0, 0.05) is 20.4 Å². The zero-order chi connectivity index (χ0) is 27.0. The molecule has 0 N–H and O–H groups in total. The third kappa shape index (κ3) is 5.11. The Morgan fingerprint density at radius 3 is 2.74 bits per heavy atom. The van der Waals surface area contributed by atoms with Crippen molar-refractivity contribution < 1.29 is 18.7 Å². The van der Waals surface area contributed by atoms with Crippen LogP contribution in [0.1, 0.15) is 12.5 Å². The van der Waals surface area contributed by atoms with Gasteiger partial charge in [0.15, 0.2) is 11.9 Å². The van der Waals surface area contributed by atoms with Crippen LogP contribution in [0.25, 0.3) is 33.5 Å². The van der Waals surface area contributed by atoms with Crippen LogP contribution in [0.5, 0.6) is 5.75 Å². The van der Waals surface area contributed by atoms with Crippen LogP contribution in [-0.4, -0.2) is 35.1 Å². The monoisotopic (exact) mass is 657 g/mol. The fraction of sp³-hybridized carbons (Fsp3) is 0.111. The first kappa shape index (κ1) is 26.1. The molecule has 192 valence electrons. The van der Waals surface area contributed by atoms with E-state index in [1.54, 1.807) is 49.4 Å². The van der Waals surface area contributed by atoms with Gasteiger partial charge in [-0.15, -0.1) is 0 Å². The second-order valence-electron chi connectivity index (χ2n) is 8.20. The van der Waals surface area contributed by atoms with E-state index in [0.29, 0.717) is 43.1 Å². The molecule has 0 fully saturated rings. The summed E-state index contributed by atoms with van der Waals surface area (Å²) in [6, 6.07) is 17.6. The van der Waals surface area contributed by atoms with Crippen LogP contribution in [-0.2, 0) is 9.53 Å². The minimum absolute atomic E-state index is 0.212. The number of para-hydroxylation sites is 1. The van der Waals surface area contributed by atoms with Gasteiger partial charge in [-0.2, -0.15) is 9.78 Å². The highest BCUT2D eigenvalue weighted by molar-refractivity contribution is 9.10. The van der Waals surface area contributed by atoms with Crippen molar-refractivity contribution in [2.24, 2.45) is 5.10 Å². The summed E-state index contributed by atoms with van der Waals surface area (Å²) in [7, 11) is 1.28. The molecule has 0 aliphatic carbocycles. The molecule has 8 nitrogen and oxygen atoms in total. The van der Waals surface area contributed by atoms with Crippen molar-refractivity contribution in [3.63, 3.8) is 0 Å². The molecule has 0 unspecified atom stereocenters. The number of benzene rings is 3. The Labute approximate surface area is 238 Å². The number of hydrogen-bond donors (Lipinski definition) is 0. The van der Waals surface area contributed by atoms with Gasteiger partial charge in [0.2, 0.25) is 5.82 Å². The van der Waals surface area contributed by atoms with E-state index in [2.05, 4.69) is 37.0 Å². The number of fused-ring (bicyclic) bond motifs is 2. The fourth-order valence-electron chi connectivity index (χ4n) is 3.83. The first-order chi connectivity index (χ1) is 18.2. The van der Waals surface area contributed by atoms with Crippen molar-refractivity contribution in [1.29, 1.82) is 0 Å². The highest BCUT2D eigenvalue weighted by Crippen LogP contribution is 2.33. The van der Waals surface area contributed by atoms with Crippen molar-refractivity contribution >= 4 is 77.5 Å². The van der Waals surface area contributed by atoms with Crippen LogP contribution in [0.4, 0.5) is 0 Å². The Kier molecular flexibility index (Phi) is 7.38. The lowest BCUT2D eigenvalue weighted by Crippen LogP contribution is -2.25. The molecule has 2 heterocycles. The average molecular weight is 660 g/mol. The predicted molar refractivity (Wildman–Crippen MR) is 153 cm³/mol. The summed E-state index contributed by atoms with van der Waals surface area (Å²) in [5.41, 5.74) is 1.16. The normalized spacial score (nSPS) is 12.3. The molecule has 0 saturated carbocycles. The average Bonchev–Trinajstić information content (AvgIpc) is 3.32. The molecule has 0 aliphatic heterocycles. The van der Waals surface area contributed by atoms with Gasteiger partial charge in [-0.25, -0.2) is 9.78 Å². The molecule has 11 heteroatoms. The summed E-state index contributed by atoms with van der Waals surface area (Å²) >= 11 is 13.2. The molecular formula is C27H18Br2ClN3O5. The minimum Gasteiger partial charge on any atom is -0.477 e. The third-order valence-electron chi connectivity index (χ3n) is 5.63. The lowest BCUT2D eigenvalue weighted by molar-refractivity contribution is -0.147. The molecular weight excluding hydrogens is 642 g/mol. The maximum Gasteiger partial charge on any atom is 0.346 e. The van der Waals surface area contributed by atoms with E-state index in [0.717, 1.165) is 14.5 Å². The van der Waals surface area contributed by atoms with Gasteiger partial charge >= 0.3 is 5.97 Å². The summed E-state index contributed by atoms with van der Waals surface area (Å²) < 4.78 is 19.2. The quantitative estimate of drug-likeness (QED) is 0.147. The van der Waals surface area contributed by atoms with E-state index in [4.69, 9.17) is 30.5 Å². The van der Waals surface area contributed by atoms with E-state index in [1.165, 1.54) is 13.3 Å². The molecule has 3 aromatic carbocycles. The van der Waals surface area contributed by atoms with Gasteiger partial charge in [-0.1, -0.05) is 39.7 Å². The zero-order valence-corrected chi connectivity index (χ0v) is 23.9. The van der Waals surface area contributed by atoms with Crippen LogP contribution in [0, 0.1) is 0 Å². The van der Waals surface area contributed by atoms with Crippen LogP contribution in [0.2, 0.25) is 5.02 Å². The molecule has 5 aromatic rings. The topological polar surface area (TPSA) is 95.9 Å². The van der Waals surface area contributed by atoms with Crippen molar-refractivity contribution in [3.05, 3.63) is 90.5 Å². The van der Waals surface area contributed by atoms with Gasteiger partial charge in [0.1, 0.15) is 11.3 Å². The van der Waals surface area contributed by atoms with Crippen LogP contribution >= 0.6 is 43.5 Å². The van der Waals surface area contributed by atoms with Gasteiger partial charge in [-0.3, -0.25) is 4.79 Å². The molecule has 0 radical (unpaired) electrons. The number of rotatable bonds is 6. The van der Waals surface area contributed by atoms with E-state index < -0.39 is 17.6 Å².